The smallest absolute Gasteiger partial charge is 0.251 e. The number of pyridine rings is 1. The van der Waals surface area contributed by atoms with Crippen LogP contribution in [-0.4, -0.2) is 21.2 Å². The van der Waals surface area contributed by atoms with E-state index in [0.29, 0.717) is 30.9 Å². The van der Waals surface area contributed by atoms with E-state index in [2.05, 4.69) is 15.6 Å². The van der Waals surface area contributed by atoms with Gasteiger partial charge in [-0.3, -0.25) is 9.59 Å². The van der Waals surface area contributed by atoms with Gasteiger partial charge in [0.15, 0.2) is 0 Å². The zero-order chi connectivity index (χ0) is 23.9. The predicted octanol–water partition coefficient (Wildman–Crippen LogP) is 4.89. The molecule has 0 aliphatic carbocycles. The molecule has 0 fully saturated rings. The van der Waals surface area contributed by atoms with Gasteiger partial charge in [0.2, 0.25) is 5.91 Å². The topological polar surface area (TPSA) is 84.7 Å². The second-order valence-electron chi connectivity index (χ2n) is 8.15. The van der Waals surface area contributed by atoms with Crippen LogP contribution in [-0.2, 0) is 17.9 Å². The van der Waals surface area contributed by atoms with E-state index in [-0.39, 0.29) is 11.8 Å². The molecule has 2 aromatic carbocycles. The summed E-state index contributed by atoms with van der Waals surface area (Å²) < 4.78 is 7.83. The fraction of sp³-hybridized carbons (Fsp3) is 0.222. The maximum atomic E-state index is 12.6. The number of fused-ring (bicyclic) bond motifs is 1. The fourth-order valence-electron chi connectivity index (χ4n) is 3.63. The molecule has 2 aromatic heterocycles. The minimum absolute atomic E-state index is 0.0118. The molecule has 4 aromatic rings. The third-order valence-corrected chi connectivity index (χ3v) is 5.37. The number of hydrogen-bond acceptors (Lipinski definition) is 4. The summed E-state index contributed by atoms with van der Waals surface area (Å²) in [4.78, 5) is 28.9. The summed E-state index contributed by atoms with van der Waals surface area (Å²) in [7, 11) is 0. The zero-order valence-corrected chi connectivity index (χ0v) is 19.4. The Morgan fingerprint density at radius 3 is 2.65 bits per heavy atom. The minimum atomic E-state index is -0.178. The summed E-state index contributed by atoms with van der Waals surface area (Å²) in [6.07, 6.45) is 5.20. The Labute approximate surface area is 198 Å². The Bertz CT molecular complexity index is 1290. The highest BCUT2D eigenvalue weighted by atomic mass is 16.5. The van der Waals surface area contributed by atoms with E-state index in [1.807, 2.05) is 67.0 Å². The molecule has 174 valence electrons. The van der Waals surface area contributed by atoms with Crippen molar-refractivity contribution in [2.45, 2.75) is 39.8 Å². The van der Waals surface area contributed by atoms with Crippen LogP contribution in [0.25, 0.3) is 5.65 Å². The number of nitrogens with one attached hydrogen (secondary N) is 2. The highest BCUT2D eigenvalue weighted by Gasteiger charge is 2.08. The maximum Gasteiger partial charge on any atom is 0.251 e. The third kappa shape index (κ3) is 5.81. The molecule has 2 heterocycles. The van der Waals surface area contributed by atoms with Gasteiger partial charge in [0.1, 0.15) is 18.0 Å². The third-order valence-electron chi connectivity index (χ3n) is 5.37. The minimum Gasteiger partial charge on any atom is -0.487 e. The molecule has 2 N–H and O–H groups in total. The van der Waals surface area contributed by atoms with Gasteiger partial charge in [0.05, 0.1) is 5.69 Å². The first kappa shape index (κ1) is 23.0. The van der Waals surface area contributed by atoms with E-state index >= 15 is 0 Å². The SMILES string of the molecule is CCCC(=O)Nc1cccc(CNC(=O)c2ccc(OCc3cn4cccc(C)c4n3)cc2)c1. The lowest BCUT2D eigenvalue weighted by Gasteiger charge is -2.09. The molecule has 7 nitrogen and oxygen atoms in total. The highest BCUT2D eigenvalue weighted by molar-refractivity contribution is 5.94. The number of carbonyl (C=O) groups is 2. The molecule has 4 rings (SSSR count). The number of aryl methyl sites for hydroxylation is 1. The molecule has 0 radical (unpaired) electrons. The lowest BCUT2D eigenvalue weighted by Crippen LogP contribution is -2.22. The van der Waals surface area contributed by atoms with E-state index in [9.17, 15) is 9.59 Å². The van der Waals surface area contributed by atoms with Gasteiger partial charge in [-0.25, -0.2) is 4.98 Å². The number of aromatic nitrogens is 2. The van der Waals surface area contributed by atoms with Crippen molar-refractivity contribution in [3.63, 3.8) is 0 Å². The summed E-state index contributed by atoms with van der Waals surface area (Å²) in [5.41, 5.74) is 5.05. The molecule has 0 saturated heterocycles. The number of imidazole rings is 1. The van der Waals surface area contributed by atoms with Gasteiger partial charge in [0.25, 0.3) is 5.91 Å². The van der Waals surface area contributed by atoms with Crippen molar-refractivity contribution >= 4 is 23.1 Å². The molecule has 0 spiro atoms. The predicted molar refractivity (Wildman–Crippen MR) is 132 cm³/mol. The first-order chi connectivity index (χ1) is 16.5. The van der Waals surface area contributed by atoms with E-state index < -0.39 is 0 Å². The van der Waals surface area contributed by atoms with Crippen molar-refractivity contribution in [2.24, 2.45) is 0 Å². The van der Waals surface area contributed by atoms with Gasteiger partial charge in [-0.05, 0) is 66.9 Å². The number of carbonyl (C=O) groups excluding carboxylic acids is 2. The van der Waals surface area contributed by atoms with E-state index in [1.54, 1.807) is 24.3 Å². The Balaban J connectivity index is 1.30. The van der Waals surface area contributed by atoms with Crippen LogP contribution in [0, 0.1) is 6.92 Å². The van der Waals surface area contributed by atoms with Crippen LogP contribution >= 0.6 is 0 Å². The molecule has 7 heteroatoms. The Hall–Kier alpha value is -4.13. The molecule has 2 amide bonds. The second-order valence-corrected chi connectivity index (χ2v) is 8.15. The van der Waals surface area contributed by atoms with Crippen LogP contribution in [0.15, 0.2) is 73.1 Å². The zero-order valence-electron chi connectivity index (χ0n) is 19.4. The number of anilines is 1. The summed E-state index contributed by atoms with van der Waals surface area (Å²) >= 11 is 0. The number of rotatable bonds is 9. The Morgan fingerprint density at radius 2 is 1.88 bits per heavy atom. The van der Waals surface area contributed by atoms with Crippen molar-refractivity contribution in [3.05, 3.63) is 95.4 Å². The molecular formula is C27H28N4O3. The Kier molecular flexibility index (Phi) is 7.22. The number of amides is 2. The molecular weight excluding hydrogens is 428 g/mol. The van der Waals surface area contributed by atoms with Crippen LogP contribution in [0.1, 0.15) is 46.9 Å². The van der Waals surface area contributed by atoms with Crippen molar-refractivity contribution in [2.75, 3.05) is 5.32 Å². The van der Waals surface area contributed by atoms with Gasteiger partial charge in [-0.2, -0.15) is 0 Å². The summed E-state index contributed by atoms with van der Waals surface area (Å²) in [5.74, 6) is 0.478. The molecule has 0 atom stereocenters. The number of nitrogens with zero attached hydrogens (tertiary/aromatic N) is 2. The van der Waals surface area contributed by atoms with E-state index in [4.69, 9.17) is 4.74 Å². The first-order valence-electron chi connectivity index (χ1n) is 11.3. The highest BCUT2D eigenvalue weighted by Crippen LogP contribution is 2.16. The maximum absolute atomic E-state index is 12.6. The number of ether oxygens (including phenoxy) is 1. The van der Waals surface area contributed by atoms with Crippen LogP contribution < -0.4 is 15.4 Å². The molecule has 0 bridgehead atoms. The van der Waals surface area contributed by atoms with Gasteiger partial charge < -0.3 is 19.8 Å². The molecule has 0 saturated carbocycles. The normalized spacial score (nSPS) is 10.8. The second kappa shape index (κ2) is 10.7. The van der Waals surface area contributed by atoms with Gasteiger partial charge >= 0.3 is 0 Å². The molecule has 34 heavy (non-hydrogen) atoms. The number of hydrogen-bond donors (Lipinski definition) is 2. The lowest BCUT2D eigenvalue weighted by atomic mass is 10.1. The summed E-state index contributed by atoms with van der Waals surface area (Å²) in [5, 5.41) is 5.78. The van der Waals surface area contributed by atoms with E-state index in [0.717, 1.165) is 34.6 Å². The monoisotopic (exact) mass is 456 g/mol. The number of benzene rings is 2. The van der Waals surface area contributed by atoms with Crippen molar-refractivity contribution in [1.29, 1.82) is 0 Å². The van der Waals surface area contributed by atoms with Crippen LogP contribution in [0.2, 0.25) is 0 Å². The lowest BCUT2D eigenvalue weighted by molar-refractivity contribution is -0.116. The fourth-order valence-corrected chi connectivity index (χ4v) is 3.63. The van der Waals surface area contributed by atoms with Gasteiger partial charge in [-0.1, -0.05) is 25.1 Å². The van der Waals surface area contributed by atoms with Crippen molar-refractivity contribution < 1.29 is 14.3 Å². The van der Waals surface area contributed by atoms with Gasteiger partial charge in [0, 0.05) is 36.6 Å². The first-order valence-corrected chi connectivity index (χ1v) is 11.3. The molecule has 0 unspecified atom stereocenters. The average molecular weight is 457 g/mol. The standard InChI is InChI=1S/C27H28N4O3/c1-3-6-25(32)29-22-9-4-8-20(15-22)16-28-27(33)21-10-12-24(13-11-21)34-18-23-17-31-14-5-7-19(2)26(31)30-23/h4-5,7-15,17H,3,6,16,18H2,1-2H3,(H,28,33)(H,29,32). The van der Waals surface area contributed by atoms with Crippen molar-refractivity contribution in [3.8, 4) is 5.75 Å². The molecule has 0 aliphatic rings. The van der Waals surface area contributed by atoms with Gasteiger partial charge in [-0.15, -0.1) is 0 Å². The average Bonchev–Trinajstić information content (AvgIpc) is 3.26. The largest absolute Gasteiger partial charge is 0.487 e. The van der Waals surface area contributed by atoms with E-state index in [1.165, 1.54) is 0 Å². The van der Waals surface area contributed by atoms with Crippen LogP contribution in [0.4, 0.5) is 5.69 Å². The summed E-state index contributed by atoms with van der Waals surface area (Å²) in [6, 6.07) is 18.5. The van der Waals surface area contributed by atoms with Crippen LogP contribution in [0.5, 0.6) is 5.75 Å². The van der Waals surface area contributed by atoms with Crippen LogP contribution in [0.3, 0.4) is 0 Å². The quantitative estimate of drug-likeness (QED) is 0.376. The van der Waals surface area contributed by atoms with Crippen molar-refractivity contribution in [1.82, 2.24) is 14.7 Å². The Morgan fingerprint density at radius 1 is 1.06 bits per heavy atom. The molecule has 0 aliphatic heterocycles. The summed E-state index contributed by atoms with van der Waals surface area (Å²) in [6.45, 7) is 4.70.